The summed E-state index contributed by atoms with van der Waals surface area (Å²) in [6.45, 7) is 0.561. The number of halogens is 2. The van der Waals surface area contributed by atoms with Crippen LogP contribution in [0, 0.1) is 5.82 Å². The fourth-order valence-electron chi connectivity index (χ4n) is 1.99. The molecule has 0 saturated heterocycles. The molecule has 0 heterocycles. The van der Waals surface area contributed by atoms with Gasteiger partial charge in [-0.15, -0.1) is 0 Å². The van der Waals surface area contributed by atoms with Gasteiger partial charge in [0.2, 0.25) is 5.91 Å². The molecule has 0 aliphatic carbocycles. The van der Waals surface area contributed by atoms with Gasteiger partial charge in [-0.05, 0) is 48.2 Å². The number of hydrogen-bond acceptors (Lipinski definition) is 1. The summed E-state index contributed by atoms with van der Waals surface area (Å²) in [7, 11) is 0. The van der Waals surface area contributed by atoms with E-state index in [2.05, 4.69) is 5.32 Å². The van der Waals surface area contributed by atoms with Crippen molar-refractivity contribution in [2.24, 2.45) is 0 Å². The molecule has 0 aliphatic heterocycles. The zero-order valence-corrected chi connectivity index (χ0v) is 12.4. The summed E-state index contributed by atoms with van der Waals surface area (Å²) in [6.07, 6.45) is 1.84. The van der Waals surface area contributed by atoms with Crippen LogP contribution in [0.3, 0.4) is 0 Å². The Bertz CT molecular complexity index is 581. The van der Waals surface area contributed by atoms with Gasteiger partial charge in [0.15, 0.2) is 0 Å². The van der Waals surface area contributed by atoms with E-state index in [-0.39, 0.29) is 11.7 Å². The van der Waals surface area contributed by atoms with Gasteiger partial charge in [-0.2, -0.15) is 0 Å². The summed E-state index contributed by atoms with van der Waals surface area (Å²) < 4.78 is 12.7. The van der Waals surface area contributed by atoms with Gasteiger partial charge in [0, 0.05) is 18.0 Å². The lowest BCUT2D eigenvalue weighted by molar-refractivity contribution is -0.121. The predicted molar refractivity (Wildman–Crippen MR) is 82.9 cm³/mol. The Morgan fingerprint density at radius 3 is 2.19 bits per heavy atom. The first-order valence-corrected chi connectivity index (χ1v) is 7.27. The number of nitrogens with one attached hydrogen (secondary N) is 1. The van der Waals surface area contributed by atoms with Gasteiger partial charge in [-0.25, -0.2) is 4.39 Å². The number of hydrogen-bond donors (Lipinski definition) is 1. The maximum absolute atomic E-state index is 12.7. The monoisotopic (exact) mass is 305 g/mol. The Labute approximate surface area is 128 Å². The number of amides is 1. The minimum atomic E-state index is -0.245. The van der Waals surface area contributed by atoms with Crippen LogP contribution >= 0.6 is 11.6 Å². The molecule has 0 spiro atoms. The third kappa shape index (κ3) is 5.56. The summed E-state index contributed by atoms with van der Waals surface area (Å²) in [5.41, 5.74) is 2.10. The SMILES string of the molecule is O=C(CCc1ccc(Cl)cc1)NCCc1ccc(F)cc1. The van der Waals surface area contributed by atoms with Gasteiger partial charge >= 0.3 is 0 Å². The fourth-order valence-corrected chi connectivity index (χ4v) is 2.12. The zero-order chi connectivity index (χ0) is 15.1. The van der Waals surface area contributed by atoms with E-state index in [0.717, 1.165) is 11.1 Å². The number of carbonyl (C=O) groups excluding carboxylic acids is 1. The minimum absolute atomic E-state index is 0.0204. The summed E-state index contributed by atoms with van der Waals surface area (Å²) >= 11 is 5.81. The molecule has 2 nitrogen and oxygen atoms in total. The van der Waals surface area contributed by atoms with Crippen molar-refractivity contribution < 1.29 is 9.18 Å². The molecule has 4 heteroatoms. The molecule has 2 aromatic rings. The van der Waals surface area contributed by atoms with E-state index in [9.17, 15) is 9.18 Å². The molecule has 1 amide bonds. The fraction of sp³-hybridized carbons (Fsp3) is 0.235. The van der Waals surface area contributed by atoms with E-state index < -0.39 is 0 Å². The molecule has 2 rings (SSSR count). The molecule has 0 radical (unpaired) electrons. The molecule has 2 aromatic carbocycles. The average Bonchev–Trinajstić information content (AvgIpc) is 2.49. The van der Waals surface area contributed by atoms with Gasteiger partial charge in [0.25, 0.3) is 0 Å². The van der Waals surface area contributed by atoms with E-state index in [1.165, 1.54) is 12.1 Å². The summed E-state index contributed by atoms with van der Waals surface area (Å²) in [4.78, 5) is 11.7. The second-order valence-electron chi connectivity index (χ2n) is 4.85. The van der Waals surface area contributed by atoms with Crippen LogP contribution in [0.1, 0.15) is 17.5 Å². The van der Waals surface area contributed by atoms with Gasteiger partial charge < -0.3 is 5.32 Å². The van der Waals surface area contributed by atoms with Crippen LogP contribution in [0.25, 0.3) is 0 Å². The van der Waals surface area contributed by atoms with Crippen molar-refractivity contribution in [1.82, 2.24) is 5.32 Å². The Morgan fingerprint density at radius 1 is 0.952 bits per heavy atom. The highest BCUT2D eigenvalue weighted by Crippen LogP contribution is 2.10. The van der Waals surface area contributed by atoms with E-state index in [0.29, 0.717) is 30.8 Å². The van der Waals surface area contributed by atoms with Crippen molar-refractivity contribution in [3.63, 3.8) is 0 Å². The molecule has 0 bridgehead atoms. The highest BCUT2D eigenvalue weighted by Gasteiger charge is 2.02. The summed E-state index contributed by atoms with van der Waals surface area (Å²) in [5.74, 6) is -0.224. The highest BCUT2D eigenvalue weighted by atomic mass is 35.5. The third-order valence-corrected chi connectivity index (χ3v) is 3.46. The van der Waals surface area contributed by atoms with Crippen LogP contribution in [-0.2, 0) is 17.6 Å². The molecule has 110 valence electrons. The molecular weight excluding hydrogens is 289 g/mol. The Kier molecular flexibility index (Phi) is 5.76. The van der Waals surface area contributed by atoms with Crippen molar-refractivity contribution in [2.45, 2.75) is 19.3 Å². The number of benzene rings is 2. The van der Waals surface area contributed by atoms with E-state index in [1.807, 2.05) is 24.3 Å². The second-order valence-corrected chi connectivity index (χ2v) is 5.29. The summed E-state index contributed by atoms with van der Waals surface area (Å²) in [5, 5.41) is 3.57. The molecule has 0 saturated carbocycles. The van der Waals surface area contributed by atoms with Crippen molar-refractivity contribution >= 4 is 17.5 Å². The van der Waals surface area contributed by atoms with Crippen molar-refractivity contribution in [2.75, 3.05) is 6.54 Å². The lowest BCUT2D eigenvalue weighted by Gasteiger charge is -2.06. The number of rotatable bonds is 6. The number of aryl methyl sites for hydroxylation is 1. The largest absolute Gasteiger partial charge is 0.356 e. The van der Waals surface area contributed by atoms with Crippen LogP contribution in [0.5, 0.6) is 0 Å². The molecule has 21 heavy (non-hydrogen) atoms. The van der Waals surface area contributed by atoms with Crippen LogP contribution in [0.4, 0.5) is 4.39 Å². The first-order valence-electron chi connectivity index (χ1n) is 6.89. The Balaban J connectivity index is 1.67. The normalized spacial score (nSPS) is 10.4. The number of carbonyl (C=O) groups is 1. The van der Waals surface area contributed by atoms with E-state index in [4.69, 9.17) is 11.6 Å². The molecule has 0 aromatic heterocycles. The van der Waals surface area contributed by atoms with Crippen LogP contribution in [0.2, 0.25) is 5.02 Å². The Hall–Kier alpha value is -1.87. The van der Waals surface area contributed by atoms with Crippen molar-refractivity contribution in [1.29, 1.82) is 0 Å². The van der Waals surface area contributed by atoms with Gasteiger partial charge in [-0.3, -0.25) is 4.79 Å². The third-order valence-electron chi connectivity index (χ3n) is 3.20. The van der Waals surface area contributed by atoms with Gasteiger partial charge in [-0.1, -0.05) is 35.9 Å². The van der Waals surface area contributed by atoms with Gasteiger partial charge in [0.1, 0.15) is 5.82 Å². The first-order chi connectivity index (χ1) is 10.1. The van der Waals surface area contributed by atoms with E-state index >= 15 is 0 Å². The zero-order valence-electron chi connectivity index (χ0n) is 11.6. The second kappa shape index (κ2) is 7.79. The van der Waals surface area contributed by atoms with Crippen LogP contribution in [-0.4, -0.2) is 12.5 Å². The molecule has 0 atom stereocenters. The lowest BCUT2D eigenvalue weighted by atomic mass is 10.1. The van der Waals surface area contributed by atoms with Gasteiger partial charge in [0.05, 0.1) is 0 Å². The minimum Gasteiger partial charge on any atom is -0.356 e. The lowest BCUT2D eigenvalue weighted by Crippen LogP contribution is -2.25. The molecule has 0 aliphatic rings. The van der Waals surface area contributed by atoms with Crippen LogP contribution in [0.15, 0.2) is 48.5 Å². The predicted octanol–water partition coefficient (Wildman–Crippen LogP) is 3.77. The first kappa shape index (κ1) is 15.5. The Morgan fingerprint density at radius 2 is 1.52 bits per heavy atom. The molecule has 0 unspecified atom stereocenters. The summed E-state index contributed by atoms with van der Waals surface area (Å²) in [6, 6.07) is 13.8. The smallest absolute Gasteiger partial charge is 0.220 e. The molecule has 0 fully saturated rings. The van der Waals surface area contributed by atoms with E-state index in [1.54, 1.807) is 12.1 Å². The average molecular weight is 306 g/mol. The van der Waals surface area contributed by atoms with Crippen molar-refractivity contribution in [3.05, 3.63) is 70.5 Å². The van der Waals surface area contributed by atoms with Crippen molar-refractivity contribution in [3.8, 4) is 0 Å². The topological polar surface area (TPSA) is 29.1 Å². The maximum Gasteiger partial charge on any atom is 0.220 e. The van der Waals surface area contributed by atoms with Crippen LogP contribution < -0.4 is 5.32 Å². The quantitative estimate of drug-likeness (QED) is 0.865. The molecular formula is C17H17ClFNO. The standard InChI is InChI=1S/C17H17ClFNO/c18-15-6-1-13(2-7-15)5-10-17(21)20-12-11-14-3-8-16(19)9-4-14/h1-4,6-9H,5,10-12H2,(H,20,21). The maximum atomic E-state index is 12.7. The molecule has 1 N–H and O–H groups in total. The highest BCUT2D eigenvalue weighted by molar-refractivity contribution is 6.30.